The van der Waals surface area contributed by atoms with Gasteiger partial charge in [-0.05, 0) is 43.6 Å². The highest BCUT2D eigenvalue weighted by molar-refractivity contribution is 7.15. The zero-order valence-electron chi connectivity index (χ0n) is 17.6. The smallest absolute Gasteiger partial charge is 0.407 e. The molecule has 4 rings (SSSR count). The molecule has 0 spiro atoms. The Balaban J connectivity index is 1.21. The lowest BCUT2D eigenvalue weighted by atomic mass is 10.2. The van der Waals surface area contributed by atoms with Crippen molar-refractivity contribution < 1.29 is 14.1 Å². The van der Waals surface area contributed by atoms with Gasteiger partial charge in [-0.15, -0.1) is 11.3 Å². The van der Waals surface area contributed by atoms with Gasteiger partial charge in [-0.1, -0.05) is 48.3 Å². The maximum Gasteiger partial charge on any atom is 0.407 e. The van der Waals surface area contributed by atoms with Gasteiger partial charge in [0.05, 0.1) is 4.88 Å². The number of ether oxygens (including phenoxy) is 1. The van der Waals surface area contributed by atoms with Crippen LogP contribution in [0.5, 0.6) is 0 Å². The van der Waals surface area contributed by atoms with E-state index in [9.17, 15) is 4.79 Å². The molecule has 164 valence electrons. The number of rotatable bonds is 8. The van der Waals surface area contributed by atoms with Crippen LogP contribution >= 0.6 is 11.3 Å². The van der Waals surface area contributed by atoms with Gasteiger partial charge < -0.3 is 14.6 Å². The van der Waals surface area contributed by atoms with Crippen LogP contribution in [0, 0.1) is 0 Å². The Morgan fingerprint density at radius 2 is 1.90 bits per heavy atom. The fourth-order valence-corrected chi connectivity index (χ4v) is 4.58. The van der Waals surface area contributed by atoms with E-state index in [1.807, 2.05) is 36.4 Å². The molecule has 1 aliphatic rings. The van der Waals surface area contributed by atoms with E-state index in [1.165, 1.54) is 43.6 Å². The lowest BCUT2D eigenvalue weighted by molar-refractivity contribution is 0.146. The standard InChI is InChI=1S/C23H28N4O3S/c28-23(24-16-18-8-4-3-5-9-18)29-15-12-21-25-22(30-26-21)20-11-10-19(31-20)17-27-13-6-1-2-7-14-27/h3-5,8-11H,1-2,6-7,12-17H2,(H,24,28). The number of hydrogen-bond donors (Lipinski definition) is 1. The number of benzene rings is 1. The number of nitrogens with zero attached hydrogens (tertiary/aromatic N) is 3. The third-order valence-electron chi connectivity index (χ3n) is 5.26. The Kier molecular flexibility index (Phi) is 7.68. The van der Waals surface area contributed by atoms with E-state index in [4.69, 9.17) is 9.26 Å². The molecule has 1 aliphatic heterocycles. The van der Waals surface area contributed by atoms with E-state index in [0.29, 0.717) is 24.7 Å². The summed E-state index contributed by atoms with van der Waals surface area (Å²) in [7, 11) is 0. The average molecular weight is 441 g/mol. The molecular weight excluding hydrogens is 412 g/mol. The monoisotopic (exact) mass is 440 g/mol. The number of carbonyl (C=O) groups is 1. The summed E-state index contributed by atoms with van der Waals surface area (Å²) in [6.45, 7) is 3.97. The fourth-order valence-electron chi connectivity index (χ4n) is 3.60. The second-order valence-corrected chi connectivity index (χ2v) is 8.87. The molecule has 0 bridgehead atoms. The lowest BCUT2D eigenvalue weighted by Crippen LogP contribution is -2.24. The van der Waals surface area contributed by atoms with Gasteiger partial charge in [-0.2, -0.15) is 4.98 Å². The van der Waals surface area contributed by atoms with E-state index in [-0.39, 0.29) is 6.61 Å². The van der Waals surface area contributed by atoms with Crippen molar-refractivity contribution in [2.24, 2.45) is 0 Å². The first-order chi connectivity index (χ1) is 15.3. The molecule has 0 saturated carbocycles. The summed E-state index contributed by atoms with van der Waals surface area (Å²) >= 11 is 1.70. The van der Waals surface area contributed by atoms with Crippen LogP contribution in [0.3, 0.4) is 0 Å². The summed E-state index contributed by atoms with van der Waals surface area (Å²) in [5.41, 5.74) is 1.02. The molecule has 8 heteroatoms. The third kappa shape index (κ3) is 6.63. The van der Waals surface area contributed by atoms with Gasteiger partial charge in [0.25, 0.3) is 5.89 Å². The third-order valence-corrected chi connectivity index (χ3v) is 6.32. The summed E-state index contributed by atoms with van der Waals surface area (Å²) in [6.07, 6.45) is 5.22. The molecule has 1 N–H and O–H groups in total. The highest BCUT2D eigenvalue weighted by Crippen LogP contribution is 2.28. The molecule has 1 saturated heterocycles. The summed E-state index contributed by atoms with van der Waals surface area (Å²) in [5.74, 6) is 1.06. The Morgan fingerprint density at radius 1 is 1.10 bits per heavy atom. The largest absolute Gasteiger partial charge is 0.449 e. The number of hydrogen-bond acceptors (Lipinski definition) is 7. The van der Waals surface area contributed by atoms with Crippen molar-refractivity contribution in [2.75, 3.05) is 19.7 Å². The Bertz CT molecular complexity index is 949. The maximum absolute atomic E-state index is 11.8. The van der Waals surface area contributed by atoms with Crippen molar-refractivity contribution in [3.63, 3.8) is 0 Å². The van der Waals surface area contributed by atoms with E-state index in [0.717, 1.165) is 17.0 Å². The van der Waals surface area contributed by atoms with Crippen molar-refractivity contribution in [1.82, 2.24) is 20.4 Å². The molecule has 1 aromatic carbocycles. The molecule has 0 radical (unpaired) electrons. The Morgan fingerprint density at radius 3 is 2.71 bits per heavy atom. The molecule has 31 heavy (non-hydrogen) atoms. The van der Waals surface area contributed by atoms with Gasteiger partial charge in [0.1, 0.15) is 6.61 Å². The van der Waals surface area contributed by atoms with Crippen LogP contribution in [-0.4, -0.2) is 40.8 Å². The van der Waals surface area contributed by atoms with Crippen LogP contribution < -0.4 is 5.32 Å². The quantitative estimate of drug-likeness (QED) is 0.549. The predicted molar refractivity (Wildman–Crippen MR) is 120 cm³/mol. The highest BCUT2D eigenvalue weighted by Gasteiger charge is 2.15. The van der Waals surface area contributed by atoms with Crippen LogP contribution in [0.15, 0.2) is 47.0 Å². The minimum absolute atomic E-state index is 0.199. The fraction of sp³-hybridized carbons (Fsp3) is 0.435. The maximum atomic E-state index is 11.8. The van der Waals surface area contributed by atoms with Gasteiger partial charge in [-0.25, -0.2) is 4.79 Å². The Labute approximate surface area is 186 Å². The van der Waals surface area contributed by atoms with Crippen LogP contribution in [0.25, 0.3) is 10.8 Å². The van der Waals surface area contributed by atoms with E-state index in [2.05, 4.69) is 26.4 Å². The molecule has 3 heterocycles. The minimum atomic E-state index is -0.455. The van der Waals surface area contributed by atoms with Crippen molar-refractivity contribution >= 4 is 17.4 Å². The van der Waals surface area contributed by atoms with Crippen molar-refractivity contribution in [3.8, 4) is 10.8 Å². The molecule has 0 unspecified atom stereocenters. The first-order valence-electron chi connectivity index (χ1n) is 10.8. The number of alkyl carbamates (subject to hydrolysis) is 1. The van der Waals surface area contributed by atoms with Gasteiger partial charge in [-0.3, -0.25) is 4.90 Å². The van der Waals surface area contributed by atoms with Crippen LogP contribution in [0.4, 0.5) is 4.79 Å². The number of amides is 1. The molecule has 1 fully saturated rings. The SMILES string of the molecule is O=C(NCc1ccccc1)OCCc1noc(-c2ccc(CN3CCCCCC3)s2)n1. The van der Waals surface area contributed by atoms with Crippen LogP contribution in [-0.2, 0) is 24.2 Å². The zero-order valence-corrected chi connectivity index (χ0v) is 18.4. The molecule has 0 aliphatic carbocycles. The molecular formula is C23H28N4O3S. The van der Waals surface area contributed by atoms with E-state index >= 15 is 0 Å². The molecule has 7 nitrogen and oxygen atoms in total. The first kappa shape index (κ1) is 21.5. The number of nitrogens with one attached hydrogen (secondary N) is 1. The number of carbonyl (C=O) groups excluding carboxylic acids is 1. The van der Waals surface area contributed by atoms with Crippen molar-refractivity contribution in [3.05, 3.63) is 58.7 Å². The summed E-state index contributed by atoms with van der Waals surface area (Å²) in [5, 5.41) is 6.75. The number of aromatic nitrogens is 2. The molecule has 2 aromatic heterocycles. The predicted octanol–water partition coefficient (Wildman–Crippen LogP) is 4.64. The second kappa shape index (κ2) is 11.1. The molecule has 1 amide bonds. The zero-order chi connectivity index (χ0) is 21.3. The van der Waals surface area contributed by atoms with Crippen LogP contribution in [0.1, 0.15) is 41.9 Å². The summed E-state index contributed by atoms with van der Waals surface area (Å²) in [4.78, 5) is 21.1. The number of likely N-dealkylation sites (tertiary alicyclic amines) is 1. The second-order valence-electron chi connectivity index (χ2n) is 7.70. The summed E-state index contributed by atoms with van der Waals surface area (Å²) in [6, 6.07) is 13.9. The number of thiophene rings is 1. The van der Waals surface area contributed by atoms with E-state index < -0.39 is 6.09 Å². The van der Waals surface area contributed by atoms with Crippen molar-refractivity contribution in [2.45, 2.75) is 45.2 Å². The lowest BCUT2D eigenvalue weighted by Gasteiger charge is -2.18. The molecule has 3 aromatic rings. The van der Waals surface area contributed by atoms with Crippen molar-refractivity contribution in [1.29, 1.82) is 0 Å². The molecule has 0 atom stereocenters. The minimum Gasteiger partial charge on any atom is -0.449 e. The summed E-state index contributed by atoms with van der Waals surface area (Å²) < 4.78 is 10.6. The van der Waals surface area contributed by atoms with Gasteiger partial charge in [0.2, 0.25) is 0 Å². The highest BCUT2D eigenvalue weighted by atomic mass is 32.1. The normalized spacial score (nSPS) is 14.8. The van der Waals surface area contributed by atoms with Gasteiger partial charge in [0, 0.05) is 24.4 Å². The van der Waals surface area contributed by atoms with Crippen LogP contribution in [0.2, 0.25) is 0 Å². The van der Waals surface area contributed by atoms with Gasteiger partial charge in [0.15, 0.2) is 5.82 Å². The Hall–Kier alpha value is -2.71. The average Bonchev–Trinajstić information content (AvgIpc) is 3.37. The van der Waals surface area contributed by atoms with Gasteiger partial charge >= 0.3 is 6.09 Å². The van der Waals surface area contributed by atoms with E-state index in [1.54, 1.807) is 11.3 Å². The first-order valence-corrected chi connectivity index (χ1v) is 11.7. The topological polar surface area (TPSA) is 80.5 Å².